The third-order valence-electron chi connectivity index (χ3n) is 5.62. The van der Waals surface area contributed by atoms with Gasteiger partial charge in [-0.2, -0.15) is 0 Å². The lowest BCUT2D eigenvalue weighted by Gasteiger charge is -2.26. The van der Waals surface area contributed by atoms with Crippen LogP contribution in [0.3, 0.4) is 0 Å². The molecule has 1 fully saturated rings. The van der Waals surface area contributed by atoms with Gasteiger partial charge < -0.3 is 18.9 Å². The average molecular weight is 457 g/mol. The molecule has 1 unspecified atom stereocenters. The molecule has 4 heterocycles. The molecule has 9 heteroatoms. The molecule has 2 aromatic heterocycles. The first-order chi connectivity index (χ1) is 15.2. The standard InChI is InChI=1S/C22H24N4O3S2/c1-2-25-21(19-6-4-12-30-19)23-24-22(25)31-14-20(27)26-9-3-5-16(26)15-7-8-17-18(13-15)29-11-10-28-17/h4,6-8,12-13,16H,2-3,5,9-11,14H2,1H3. The molecule has 7 nitrogen and oxygen atoms in total. The molecule has 0 aliphatic carbocycles. The second-order valence-electron chi connectivity index (χ2n) is 7.46. The van der Waals surface area contributed by atoms with Crippen LogP contribution in [0.15, 0.2) is 40.9 Å². The maximum atomic E-state index is 13.1. The number of carbonyl (C=O) groups excluding carboxylic acids is 1. The summed E-state index contributed by atoms with van der Waals surface area (Å²) in [5, 5.41) is 11.5. The summed E-state index contributed by atoms with van der Waals surface area (Å²) in [6, 6.07) is 10.2. The van der Waals surface area contributed by atoms with Crippen molar-refractivity contribution in [3.63, 3.8) is 0 Å². The van der Waals surface area contributed by atoms with Gasteiger partial charge in [-0.3, -0.25) is 4.79 Å². The number of hydrogen-bond acceptors (Lipinski definition) is 7. The van der Waals surface area contributed by atoms with Crippen LogP contribution in [0.5, 0.6) is 11.5 Å². The summed E-state index contributed by atoms with van der Waals surface area (Å²) < 4.78 is 13.4. The van der Waals surface area contributed by atoms with Gasteiger partial charge in [0.2, 0.25) is 5.91 Å². The van der Waals surface area contributed by atoms with Crippen molar-refractivity contribution in [2.45, 2.75) is 37.5 Å². The number of thiophene rings is 1. The minimum atomic E-state index is 0.0784. The minimum Gasteiger partial charge on any atom is -0.486 e. The molecule has 0 radical (unpaired) electrons. The highest BCUT2D eigenvalue weighted by molar-refractivity contribution is 7.99. The number of hydrogen-bond donors (Lipinski definition) is 0. The zero-order valence-electron chi connectivity index (χ0n) is 17.3. The number of nitrogens with zero attached hydrogens (tertiary/aromatic N) is 4. The number of rotatable bonds is 6. The number of amides is 1. The molecule has 0 saturated carbocycles. The maximum Gasteiger partial charge on any atom is 0.233 e. The Balaban J connectivity index is 1.28. The van der Waals surface area contributed by atoms with Crippen molar-refractivity contribution < 1.29 is 14.3 Å². The van der Waals surface area contributed by atoms with Crippen LogP contribution in [-0.2, 0) is 11.3 Å². The number of fused-ring (bicyclic) bond motifs is 1. The van der Waals surface area contributed by atoms with Crippen LogP contribution in [0, 0.1) is 0 Å². The Morgan fingerprint density at radius 1 is 1.23 bits per heavy atom. The molecule has 1 saturated heterocycles. The Labute approximate surface area is 189 Å². The van der Waals surface area contributed by atoms with E-state index in [1.54, 1.807) is 11.3 Å². The summed E-state index contributed by atoms with van der Waals surface area (Å²) in [6.07, 6.45) is 1.97. The molecule has 1 atom stereocenters. The van der Waals surface area contributed by atoms with Gasteiger partial charge in [-0.25, -0.2) is 0 Å². The quantitative estimate of drug-likeness (QED) is 0.517. The predicted molar refractivity (Wildman–Crippen MR) is 121 cm³/mol. The second-order valence-corrected chi connectivity index (χ2v) is 9.35. The molecule has 2 aliphatic rings. The van der Waals surface area contributed by atoms with E-state index in [4.69, 9.17) is 9.47 Å². The van der Waals surface area contributed by atoms with Crippen LogP contribution in [0.4, 0.5) is 0 Å². The highest BCUT2D eigenvalue weighted by Gasteiger charge is 2.31. The maximum absolute atomic E-state index is 13.1. The fourth-order valence-corrected chi connectivity index (χ4v) is 5.76. The van der Waals surface area contributed by atoms with Crippen molar-refractivity contribution in [3.8, 4) is 22.2 Å². The zero-order chi connectivity index (χ0) is 21.2. The molecule has 31 heavy (non-hydrogen) atoms. The number of aromatic nitrogens is 3. The van der Waals surface area contributed by atoms with Crippen LogP contribution in [0.2, 0.25) is 0 Å². The summed E-state index contributed by atoms with van der Waals surface area (Å²) in [6.45, 7) is 4.75. The first-order valence-electron chi connectivity index (χ1n) is 10.5. The van der Waals surface area contributed by atoms with Gasteiger partial charge in [0.25, 0.3) is 0 Å². The molecule has 162 valence electrons. The number of ether oxygens (including phenoxy) is 2. The van der Waals surface area contributed by atoms with E-state index in [-0.39, 0.29) is 11.9 Å². The zero-order valence-corrected chi connectivity index (χ0v) is 19.0. The van der Waals surface area contributed by atoms with Crippen LogP contribution in [0.1, 0.15) is 31.4 Å². The molecule has 0 bridgehead atoms. The van der Waals surface area contributed by atoms with Crippen molar-refractivity contribution >= 4 is 29.0 Å². The number of carbonyl (C=O) groups is 1. The van der Waals surface area contributed by atoms with E-state index in [0.29, 0.717) is 19.0 Å². The summed E-state index contributed by atoms with van der Waals surface area (Å²) in [4.78, 5) is 16.2. The van der Waals surface area contributed by atoms with Crippen molar-refractivity contribution in [2.24, 2.45) is 0 Å². The van der Waals surface area contributed by atoms with Crippen molar-refractivity contribution in [1.82, 2.24) is 19.7 Å². The first-order valence-corrected chi connectivity index (χ1v) is 12.4. The van der Waals surface area contributed by atoms with Gasteiger partial charge in [0.05, 0.1) is 16.7 Å². The van der Waals surface area contributed by atoms with Crippen molar-refractivity contribution in [3.05, 3.63) is 41.3 Å². The van der Waals surface area contributed by atoms with Gasteiger partial charge in [-0.15, -0.1) is 21.5 Å². The molecular formula is C22H24N4O3S2. The molecule has 0 spiro atoms. The molecule has 2 aliphatic heterocycles. The van der Waals surface area contributed by atoms with Crippen LogP contribution >= 0.6 is 23.1 Å². The Bertz CT molecular complexity index is 1070. The number of thioether (sulfide) groups is 1. The Kier molecular flexibility index (Phi) is 5.87. The summed E-state index contributed by atoms with van der Waals surface area (Å²) in [5.74, 6) is 2.90. The molecule has 1 amide bonds. The summed E-state index contributed by atoms with van der Waals surface area (Å²) in [7, 11) is 0. The van der Waals surface area contributed by atoms with Crippen molar-refractivity contribution in [2.75, 3.05) is 25.5 Å². The van der Waals surface area contributed by atoms with E-state index in [2.05, 4.69) is 27.8 Å². The van der Waals surface area contributed by atoms with Crippen LogP contribution in [-0.4, -0.2) is 51.1 Å². The molecular weight excluding hydrogens is 432 g/mol. The number of likely N-dealkylation sites (tertiary alicyclic amines) is 1. The van der Waals surface area contributed by atoms with Gasteiger partial charge in [0.15, 0.2) is 22.5 Å². The topological polar surface area (TPSA) is 69.5 Å². The van der Waals surface area contributed by atoms with E-state index < -0.39 is 0 Å². The van der Waals surface area contributed by atoms with Gasteiger partial charge in [-0.1, -0.05) is 23.9 Å². The van der Waals surface area contributed by atoms with Crippen LogP contribution < -0.4 is 9.47 Å². The average Bonchev–Trinajstić information content (AvgIpc) is 3.57. The predicted octanol–water partition coefficient (Wildman–Crippen LogP) is 4.25. The Morgan fingerprint density at radius 3 is 2.90 bits per heavy atom. The minimum absolute atomic E-state index is 0.0784. The monoisotopic (exact) mass is 456 g/mol. The molecule has 5 rings (SSSR count). The third kappa shape index (κ3) is 4.04. The lowest BCUT2D eigenvalue weighted by atomic mass is 10.0. The number of benzene rings is 1. The summed E-state index contributed by atoms with van der Waals surface area (Å²) in [5.41, 5.74) is 1.11. The highest BCUT2D eigenvalue weighted by Crippen LogP contribution is 2.38. The largest absolute Gasteiger partial charge is 0.486 e. The normalized spacial score (nSPS) is 17.8. The fourth-order valence-electron chi connectivity index (χ4n) is 4.16. The lowest BCUT2D eigenvalue weighted by Crippen LogP contribution is -2.32. The van der Waals surface area contributed by atoms with E-state index in [1.807, 2.05) is 34.5 Å². The van der Waals surface area contributed by atoms with E-state index >= 15 is 0 Å². The molecule has 0 N–H and O–H groups in total. The van der Waals surface area contributed by atoms with Crippen LogP contribution in [0.25, 0.3) is 10.7 Å². The van der Waals surface area contributed by atoms with E-state index in [9.17, 15) is 4.79 Å². The molecule has 3 aromatic rings. The van der Waals surface area contributed by atoms with Gasteiger partial charge in [0, 0.05) is 13.1 Å². The van der Waals surface area contributed by atoms with E-state index in [1.165, 1.54) is 11.8 Å². The lowest BCUT2D eigenvalue weighted by molar-refractivity contribution is -0.129. The van der Waals surface area contributed by atoms with E-state index in [0.717, 1.165) is 58.9 Å². The van der Waals surface area contributed by atoms with Gasteiger partial charge >= 0.3 is 0 Å². The Morgan fingerprint density at radius 2 is 2.10 bits per heavy atom. The van der Waals surface area contributed by atoms with Crippen molar-refractivity contribution in [1.29, 1.82) is 0 Å². The van der Waals surface area contributed by atoms with Gasteiger partial charge in [-0.05, 0) is 48.9 Å². The SMILES string of the molecule is CCn1c(SCC(=O)N2CCCC2c2ccc3c(c2)OCCO3)nnc1-c1cccs1. The fraction of sp³-hybridized carbons (Fsp3) is 0.409. The highest BCUT2D eigenvalue weighted by atomic mass is 32.2. The second kappa shape index (κ2) is 8.92. The summed E-state index contributed by atoms with van der Waals surface area (Å²) >= 11 is 3.11. The molecule has 1 aromatic carbocycles. The first kappa shape index (κ1) is 20.4. The Hall–Kier alpha value is -2.52. The third-order valence-corrected chi connectivity index (χ3v) is 7.44. The van der Waals surface area contributed by atoms with Gasteiger partial charge in [0.1, 0.15) is 13.2 Å². The smallest absolute Gasteiger partial charge is 0.233 e.